The minimum Gasteiger partial charge on any atom is -0.508 e. The van der Waals surface area contributed by atoms with Gasteiger partial charge in [0.05, 0.1) is 17.0 Å². The van der Waals surface area contributed by atoms with Crippen molar-refractivity contribution in [2.75, 3.05) is 37.7 Å². The van der Waals surface area contributed by atoms with Crippen molar-refractivity contribution in [1.29, 1.82) is 0 Å². The third kappa shape index (κ3) is 4.21. The van der Waals surface area contributed by atoms with E-state index in [1.165, 1.54) is 0 Å². The quantitative estimate of drug-likeness (QED) is 0.305. The fraction of sp³-hybridized carbons (Fsp3) is 0.486. The SMILES string of the molecule is CCc1cccc2cc(O)cc(-c3cc4c5c(nc(OC[C@]67CCCN6C[C@H](F)C7)nc5c3F)N3C[C@@H]5CC[C@@H](N5)[C@@H]3CO4)c12. The molecule has 9 rings (SSSR count). The fourth-order valence-electron chi connectivity index (χ4n) is 8.95. The van der Waals surface area contributed by atoms with Gasteiger partial charge in [-0.1, -0.05) is 25.1 Å². The maximum atomic E-state index is 17.1. The zero-order valence-corrected chi connectivity index (χ0v) is 25.4. The molecule has 45 heavy (non-hydrogen) atoms. The molecule has 0 spiro atoms. The monoisotopic (exact) mass is 613 g/mol. The number of anilines is 1. The van der Waals surface area contributed by atoms with E-state index in [0.717, 1.165) is 61.5 Å². The molecule has 3 aromatic carbocycles. The molecule has 0 radical (unpaired) electrons. The first-order valence-corrected chi connectivity index (χ1v) is 16.4. The minimum atomic E-state index is -0.877. The van der Waals surface area contributed by atoms with Crippen molar-refractivity contribution in [1.82, 2.24) is 20.2 Å². The number of halogens is 2. The predicted octanol–water partition coefficient (Wildman–Crippen LogP) is 5.51. The van der Waals surface area contributed by atoms with Crippen molar-refractivity contribution >= 4 is 27.5 Å². The highest BCUT2D eigenvalue weighted by Crippen LogP contribution is 2.47. The Hall–Kier alpha value is -3.76. The van der Waals surface area contributed by atoms with E-state index in [9.17, 15) is 9.50 Å². The van der Waals surface area contributed by atoms with Crippen molar-refractivity contribution in [3.05, 3.63) is 47.8 Å². The Kier molecular flexibility index (Phi) is 6.20. The summed E-state index contributed by atoms with van der Waals surface area (Å²) in [5.74, 6) is 0.703. The Balaban J connectivity index is 1.24. The first-order chi connectivity index (χ1) is 21.9. The van der Waals surface area contributed by atoms with Crippen LogP contribution >= 0.6 is 0 Å². The number of aromatic nitrogens is 2. The van der Waals surface area contributed by atoms with Crippen LogP contribution in [0, 0.1) is 5.82 Å². The zero-order valence-electron chi connectivity index (χ0n) is 25.4. The second kappa shape index (κ2) is 10.1. The maximum Gasteiger partial charge on any atom is 0.319 e. The molecule has 8 nitrogen and oxygen atoms in total. The molecule has 5 aliphatic rings. The molecular weight excluding hydrogens is 576 g/mol. The van der Waals surface area contributed by atoms with Crippen LogP contribution in [-0.2, 0) is 6.42 Å². The highest BCUT2D eigenvalue weighted by Gasteiger charge is 2.50. The van der Waals surface area contributed by atoms with Gasteiger partial charge in [-0.3, -0.25) is 4.90 Å². The van der Waals surface area contributed by atoms with Crippen LogP contribution in [0.4, 0.5) is 14.6 Å². The van der Waals surface area contributed by atoms with Crippen molar-refractivity contribution in [2.45, 2.75) is 75.3 Å². The zero-order chi connectivity index (χ0) is 30.4. The fourth-order valence-corrected chi connectivity index (χ4v) is 8.95. The Bertz CT molecular complexity index is 1850. The van der Waals surface area contributed by atoms with Gasteiger partial charge in [0, 0.05) is 37.2 Å². The van der Waals surface area contributed by atoms with Crippen LogP contribution in [0.25, 0.3) is 32.8 Å². The van der Waals surface area contributed by atoms with Crippen LogP contribution in [0.1, 0.15) is 44.6 Å². The van der Waals surface area contributed by atoms with E-state index >= 15 is 4.39 Å². The first kappa shape index (κ1) is 27.5. The van der Waals surface area contributed by atoms with Crippen molar-refractivity contribution in [3.8, 4) is 28.6 Å². The Morgan fingerprint density at radius 2 is 2.04 bits per heavy atom. The number of hydrogen-bond acceptors (Lipinski definition) is 8. The normalized spacial score (nSPS) is 28.7. The molecule has 0 saturated carbocycles. The van der Waals surface area contributed by atoms with Crippen LogP contribution in [0.3, 0.4) is 0 Å². The van der Waals surface area contributed by atoms with Crippen LogP contribution in [0.15, 0.2) is 36.4 Å². The summed E-state index contributed by atoms with van der Waals surface area (Å²) in [7, 11) is 0. The van der Waals surface area contributed by atoms with E-state index in [4.69, 9.17) is 19.4 Å². The molecule has 2 N–H and O–H groups in total. The predicted molar refractivity (Wildman–Crippen MR) is 169 cm³/mol. The first-order valence-electron chi connectivity index (χ1n) is 16.4. The van der Waals surface area contributed by atoms with Gasteiger partial charge in [-0.2, -0.15) is 9.97 Å². The van der Waals surface area contributed by atoms with Crippen LogP contribution in [-0.4, -0.2) is 82.7 Å². The lowest BCUT2D eigenvalue weighted by atomic mass is 9.92. The summed E-state index contributed by atoms with van der Waals surface area (Å²) >= 11 is 0. The van der Waals surface area contributed by atoms with Crippen LogP contribution < -0.4 is 19.7 Å². The summed E-state index contributed by atoms with van der Waals surface area (Å²) in [4.78, 5) is 14.1. The molecule has 10 heteroatoms. The largest absolute Gasteiger partial charge is 0.508 e. The van der Waals surface area contributed by atoms with Crippen LogP contribution in [0.2, 0.25) is 0 Å². The van der Waals surface area contributed by atoms with Gasteiger partial charge < -0.3 is 24.8 Å². The molecule has 234 valence electrons. The number of rotatable bonds is 5. The smallest absolute Gasteiger partial charge is 0.319 e. The average molecular weight is 614 g/mol. The summed E-state index contributed by atoms with van der Waals surface area (Å²) < 4.78 is 44.5. The van der Waals surface area contributed by atoms with Gasteiger partial charge in [0.2, 0.25) is 0 Å². The van der Waals surface area contributed by atoms with E-state index < -0.39 is 12.0 Å². The highest BCUT2D eigenvalue weighted by molar-refractivity contribution is 6.05. The Labute approximate surface area is 260 Å². The van der Waals surface area contributed by atoms with Gasteiger partial charge in [-0.25, -0.2) is 8.78 Å². The lowest BCUT2D eigenvalue weighted by molar-refractivity contribution is 0.107. The summed E-state index contributed by atoms with van der Waals surface area (Å²) in [5, 5.41) is 16.7. The molecule has 0 amide bonds. The number of fused-ring (bicyclic) bond motifs is 7. The molecule has 4 aromatic rings. The number of hydrogen-bond donors (Lipinski definition) is 2. The number of benzene rings is 3. The number of nitrogens with zero attached hydrogens (tertiary/aromatic N) is 4. The van der Waals surface area contributed by atoms with Gasteiger partial charge in [0.25, 0.3) is 0 Å². The van der Waals surface area contributed by atoms with Gasteiger partial charge in [-0.15, -0.1) is 0 Å². The van der Waals surface area contributed by atoms with Gasteiger partial charge >= 0.3 is 6.01 Å². The van der Waals surface area contributed by atoms with E-state index in [0.29, 0.717) is 53.7 Å². The molecule has 0 unspecified atom stereocenters. The molecule has 0 aliphatic carbocycles. The van der Waals surface area contributed by atoms with E-state index in [2.05, 4.69) is 22.0 Å². The number of alkyl halides is 1. The minimum absolute atomic E-state index is 0.0213. The number of phenols is 1. The lowest BCUT2D eigenvalue weighted by Crippen LogP contribution is -2.60. The molecular formula is C35H37F2N5O3. The summed E-state index contributed by atoms with van der Waals surface area (Å²) in [6, 6.07) is 11.7. The molecule has 5 atom stereocenters. The van der Waals surface area contributed by atoms with Crippen molar-refractivity contribution in [2.24, 2.45) is 0 Å². The standard InChI is InChI=1S/C35H37F2N5O3/c1-2-19-5-3-6-20-11-23(43)12-24(29(19)20)25-13-28-30-32(31(25)37)39-34(45-18-35-9-4-10-41(35)15-21(36)14-35)40-33(30)42-16-22-7-8-26(38-22)27(42)17-44-28/h3,5-6,11-13,21-22,26-27,38,43H,2,4,7-10,14-18H2,1H3/t21-,22+,26-,27+,35-/m1/s1. The summed E-state index contributed by atoms with van der Waals surface area (Å²) in [5.41, 5.74) is 1.71. The van der Waals surface area contributed by atoms with Gasteiger partial charge in [-0.05, 0) is 78.7 Å². The molecule has 5 aliphatic heterocycles. The van der Waals surface area contributed by atoms with E-state index in [1.807, 2.05) is 18.2 Å². The Morgan fingerprint density at radius 1 is 1.13 bits per heavy atom. The summed E-state index contributed by atoms with van der Waals surface area (Å²) in [6.45, 7) is 4.77. The van der Waals surface area contributed by atoms with Crippen LogP contribution in [0.5, 0.6) is 17.5 Å². The number of aryl methyl sites for hydroxylation is 1. The van der Waals surface area contributed by atoms with Crippen molar-refractivity contribution in [3.63, 3.8) is 0 Å². The third-order valence-corrected chi connectivity index (χ3v) is 11.0. The van der Waals surface area contributed by atoms with Gasteiger partial charge in [0.15, 0.2) is 5.82 Å². The molecule has 6 heterocycles. The molecule has 2 bridgehead atoms. The second-order valence-electron chi connectivity index (χ2n) is 13.6. The highest BCUT2D eigenvalue weighted by atomic mass is 19.1. The number of aromatic hydroxyl groups is 1. The average Bonchev–Trinajstić information content (AvgIpc) is 3.67. The van der Waals surface area contributed by atoms with Crippen molar-refractivity contribution < 1.29 is 23.4 Å². The third-order valence-electron chi connectivity index (χ3n) is 11.0. The van der Waals surface area contributed by atoms with Gasteiger partial charge in [0.1, 0.15) is 42.2 Å². The molecule has 4 fully saturated rings. The Morgan fingerprint density at radius 3 is 2.93 bits per heavy atom. The number of phenolic OH excluding ortho intramolecular Hbond substituents is 1. The second-order valence-corrected chi connectivity index (χ2v) is 13.6. The van der Waals surface area contributed by atoms with E-state index in [1.54, 1.807) is 18.2 Å². The molecule has 4 saturated heterocycles. The number of piperazine rings is 1. The topological polar surface area (TPSA) is 83.0 Å². The lowest BCUT2D eigenvalue weighted by Gasteiger charge is -2.40. The summed E-state index contributed by atoms with van der Waals surface area (Å²) in [6.07, 6.45) is 4.28. The number of nitrogens with one attached hydrogen (secondary N) is 1. The van der Waals surface area contributed by atoms with E-state index in [-0.39, 0.29) is 41.5 Å². The molecule has 1 aromatic heterocycles. The maximum absolute atomic E-state index is 17.1. The number of ether oxygens (including phenoxy) is 2.